The van der Waals surface area contributed by atoms with E-state index >= 15 is 0 Å². The fourth-order valence-electron chi connectivity index (χ4n) is 1.39. The van der Waals surface area contributed by atoms with Crippen molar-refractivity contribution in [1.82, 2.24) is 5.06 Å². The van der Waals surface area contributed by atoms with Crippen LogP contribution in [-0.4, -0.2) is 30.5 Å². The summed E-state index contributed by atoms with van der Waals surface area (Å²) in [6.07, 6.45) is 0. The van der Waals surface area contributed by atoms with Gasteiger partial charge in [-0.1, -0.05) is 0 Å². The van der Waals surface area contributed by atoms with Crippen molar-refractivity contribution in [2.45, 2.75) is 32.5 Å². The van der Waals surface area contributed by atoms with Gasteiger partial charge in [0, 0.05) is 0 Å². The van der Waals surface area contributed by atoms with Crippen LogP contribution in [0.15, 0.2) is 0 Å². The van der Waals surface area contributed by atoms with Gasteiger partial charge >= 0.3 is 0 Å². The Morgan fingerprint density at radius 2 is 2.20 bits per heavy atom. The Morgan fingerprint density at radius 3 is 2.40 bits per heavy atom. The smallest absolute Gasteiger partial charge is 0.138 e. The minimum atomic E-state index is -0.256. The van der Waals surface area contributed by atoms with E-state index in [4.69, 9.17) is 9.57 Å². The molecule has 1 fully saturated rings. The molecule has 1 saturated heterocycles. The van der Waals surface area contributed by atoms with Crippen molar-refractivity contribution in [2.75, 3.05) is 13.7 Å². The molecule has 0 N–H and O–H groups in total. The van der Waals surface area contributed by atoms with Crippen LogP contribution in [0.5, 0.6) is 0 Å². The van der Waals surface area contributed by atoms with E-state index in [1.807, 2.05) is 18.9 Å². The van der Waals surface area contributed by atoms with Gasteiger partial charge in [0.15, 0.2) is 0 Å². The number of hydrogen-bond acceptors (Lipinski definition) is 3. The Hall–Kier alpha value is -0.120. The molecule has 0 aromatic rings. The second-order valence-corrected chi connectivity index (χ2v) is 3.12. The lowest BCUT2D eigenvalue weighted by Gasteiger charge is -2.29. The molecular weight excluding hydrogens is 130 g/mol. The first-order chi connectivity index (χ1) is 4.58. The number of rotatable bonds is 1. The molecule has 60 valence electrons. The average Bonchev–Trinajstić information content (AvgIpc) is 2.07. The molecule has 0 bridgehead atoms. The molecule has 0 aromatic heterocycles. The maximum absolute atomic E-state index is 5.46. The second-order valence-electron chi connectivity index (χ2n) is 3.12. The summed E-state index contributed by atoms with van der Waals surface area (Å²) in [5.41, 5.74) is -0.256. The first kappa shape index (κ1) is 7.98. The summed E-state index contributed by atoms with van der Waals surface area (Å²) in [5, 5.41) is 1.87. The predicted octanol–water partition coefficient (Wildman–Crippen LogP) is 1.00. The molecular formula is C7H15NO2. The molecule has 0 saturated carbocycles. The Labute approximate surface area is 61.9 Å². The van der Waals surface area contributed by atoms with E-state index in [0.29, 0.717) is 6.04 Å². The van der Waals surface area contributed by atoms with Gasteiger partial charge in [-0.25, -0.2) is 0 Å². The molecule has 3 heteroatoms. The predicted molar refractivity (Wildman–Crippen MR) is 38.3 cm³/mol. The van der Waals surface area contributed by atoms with Crippen LogP contribution in [0.4, 0.5) is 0 Å². The van der Waals surface area contributed by atoms with Crippen molar-refractivity contribution in [1.29, 1.82) is 0 Å². The fourth-order valence-corrected chi connectivity index (χ4v) is 1.39. The van der Waals surface area contributed by atoms with Crippen LogP contribution < -0.4 is 0 Å². The van der Waals surface area contributed by atoms with Crippen LogP contribution in [0.2, 0.25) is 0 Å². The Balaban J connectivity index is 2.63. The lowest BCUT2D eigenvalue weighted by Crippen LogP contribution is -2.41. The van der Waals surface area contributed by atoms with Crippen LogP contribution in [0.3, 0.4) is 0 Å². The van der Waals surface area contributed by atoms with E-state index in [1.54, 1.807) is 7.11 Å². The van der Waals surface area contributed by atoms with Gasteiger partial charge in [-0.05, 0) is 20.8 Å². The van der Waals surface area contributed by atoms with Gasteiger partial charge in [0.2, 0.25) is 0 Å². The van der Waals surface area contributed by atoms with Gasteiger partial charge in [0.05, 0.1) is 19.8 Å². The molecule has 10 heavy (non-hydrogen) atoms. The monoisotopic (exact) mass is 145 g/mol. The quantitative estimate of drug-likeness (QED) is 0.549. The average molecular weight is 145 g/mol. The van der Waals surface area contributed by atoms with Gasteiger partial charge in [-0.2, -0.15) is 5.06 Å². The zero-order chi connectivity index (χ0) is 7.78. The van der Waals surface area contributed by atoms with Crippen LogP contribution in [0.25, 0.3) is 0 Å². The number of hydrogen-bond donors (Lipinski definition) is 0. The molecule has 1 rings (SSSR count). The lowest BCUT2D eigenvalue weighted by molar-refractivity contribution is -0.238. The largest absolute Gasteiger partial charge is 0.357 e. The van der Waals surface area contributed by atoms with Crippen LogP contribution >= 0.6 is 0 Å². The highest BCUT2D eigenvalue weighted by Crippen LogP contribution is 2.26. The van der Waals surface area contributed by atoms with Crippen molar-refractivity contribution in [3.05, 3.63) is 0 Å². The molecule has 0 amide bonds. The van der Waals surface area contributed by atoms with E-state index in [0.717, 1.165) is 6.61 Å². The molecule has 1 unspecified atom stereocenters. The molecule has 1 aliphatic rings. The third-order valence-electron chi connectivity index (χ3n) is 1.81. The highest BCUT2D eigenvalue weighted by Gasteiger charge is 2.38. The van der Waals surface area contributed by atoms with Crippen molar-refractivity contribution >= 4 is 0 Å². The maximum Gasteiger partial charge on any atom is 0.138 e. The molecule has 1 heterocycles. The summed E-state index contributed by atoms with van der Waals surface area (Å²) in [6.45, 7) is 6.83. The molecule has 1 atom stereocenters. The third kappa shape index (κ3) is 1.17. The minimum absolute atomic E-state index is 0.256. The summed E-state index contributed by atoms with van der Waals surface area (Å²) in [5.74, 6) is 0. The Morgan fingerprint density at radius 1 is 1.60 bits per heavy atom. The minimum Gasteiger partial charge on any atom is -0.357 e. The number of nitrogens with zero attached hydrogens (tertiary/aromatic N) is 1. The fraction of sp³-hybridized carbons (Fsp3) is 1.00. The summed E-state index contributed by atoms with van der Waals surface area (Å²) >= 11 is 0. The van der Waals surface area contributed by atoms with Gasteiger partial charge in [0.25, 0.3) is 0 Å². The zero-order valence-corrected chi connectivity index (χ0v) is 7.05. The maximum atomic E-state index is 5.46. The highest BCUT2D eigenvalue weighted by atomic mass is 16.7. The normalized spacial score (nSPS) is 33.0. The van der Waals surface area contributed by atoms with E-state index in [2.05, 4.69) is 6.92 Å². The first-order valence-corrected chi connectivity index (χ1v) is 3.55. The van der Waals surface area contributed by atoms with Crippen LogP contribution in [0, 0.1) is 0 Å². The zero-order valence-electron chi connectivity index (χ0n) is 7.05. The Kier molecular flexibility index (Phi) is 1.99. The number of ether oxygens (including phenoxy) is 1. The van der Waals surface area contributed by atoms with E-state index < -0.39 is 0 Å². The van der Waals surface area contributed by atoms with Gasteiger partial charge in [-0.3, -0.25) is 4.84 Å². The lowest BCUT2D eigenvalue weighted by atomic mass is 10.3. The van der Waals surface area contributed by atoms with E-state index in [1.165, 1.54) is 0 Å². The van der Waals surface area contributed by atoms with Gasteiger partial charge in [-0.15, -0.1) is 0 Å². The first-order valence-electron chi connectivity index (χ1n) is 3.55. The highest BCUT2D eigenvalue weighted by molar-refractivity contribution is 4.77. The summed E-state index contributed by atoms with van der Waals surface area (Å²) in [7, 11) is 1.67. The summed E-state index contributed by atoms with van der Waals surface area (Å²) in [6, 6.07) is 0.361. The molecule has 3 nitrogen and oxygen atoms in total. The number of hydroxylamine groups is 2. The Bertz CT molecular complexity index is 125. The molecule has 0 aromatic carbocycles. The van der Waals surface area contributed by atoms with Crippen molar-refractivity contribution in [3.8, 4) is 0 Å². The van der Waals surface area contributed by atoms with E-state index in [-0.39, 0.29) is 5.72 Å². The summed E-state index contributed by atoms with van der Waals surface area (Å²) < 4.78 is 5.46. The van der Waals surface area contributed by atoms with Crippen LogP contribution in [-0.2, 0) is 9.57 Å². The third-order valence-corrected chi connectivity index (χ3v) is 1.81. The SMILES string of the molecule is CON1C(C)COC1(C)C. The van der Waals surface area contributed by atoms with Gasteiger partial charge in [0.1, 0.15) is 5.72 Å². The van der Waals surface area contributed by atoms with Crippen molar-refractivity contribution < 1.29 is 9.57 Å². The van der Waals surface area contributed by atoms with Crippen molar-refractivity contribution in [2.24, 2.45) is 0 Å². The van der Waals surface area contributed by atoms with E-state index in [9.17, 15) is 0 Å². The standard InChI is InChI=1S/C7H15NO2/c1-6-5-10-7(2,3)8(6)9-4/h6H,5H2,1-4H3. The molecule has 0 aliphatic carbocycles. The topological polar surface area (TPSA) is 21.7 Å². The molecule has 1 aliphatic heterocycles. The second kappa shape index (κ2) is 2.49. The molecule has 0 spiro atoms. The van der Waals surface area contributed by atoms with Crippen molar-refractivity contribution in [3.63, 3.8) is 0 Å². The summed E-state index contributed by atoms with van der Waals surface area (Å²) in [4.78, 5) is 5.15. The van der Waals surface area contributed by atoms with Crippen LogP contribution in [0.1, 0.15) is 20.8 Å². The molecule has 0 radical (unpaired) electrons. The van der Waals surface area contributed by atoms with Gasteiger partial charge < -0.3 is 4.74 Å².